The van der Waals surface area contributed by atoms with Crippen LogP contribution in [-0.2, 0) is 9.53 Å². The number of rotatable bonds is 7. The number of carbonyl (C=O) groups is 1. The number of fused-ring (bicyclic) bond motifs is 1. The van der Waals surface area contributed by atoms with E-state index in [2.05, 4.69) is 10.3 Å². The molecule has 0 radical (unpaired) electrons. The smallest absolute Gasteiger partial charge is 0.490 e. The van der Waals surface area contributed by atoms with E-state index in [-0.39, 0.29) is 35.5 Å². The van der Waals surface area contributed by atoms with Gasteiger partial charge in [-0.1, -0.05) is 13.0 Å². The summed E-state index contributed by atoms with van der Waals surface area (Å²) >= 11 is 0. The molecule has 0 bridgehead atoms. The number of nitrogens with zero attached hydrogens (tertiary/aromatic N) is 1. The number of ether oxygens (including phenoxy) is 4. The molecule has 0 spiro atoms. The number of aliphatic hydroxyl groups excluding tert-OH is 2. The van der Waals surface area contributed by atoms with Gasteiger partial charge in [-0.05, 0) is 44.9 Å². The fourth-order valence-electron chi connectivity index (χ4n) is 4.39. The first-order valence-electron chi connectivity index (χ1n) is 11.3. The van der Waals surface area contributed by atoms with Gasteiger partial charge in [0.2, 0.25) is 5.75 Å². The van der Waals surface area contributed by atoms with Gasteiger partial charge in [0, 0.05) is 11.5 Å². The molecule has 35 heavy (non-hydrogen) atoms. The van der Waals surface area contributed by atoms with Crippen molar-refractivity contribution in [1.82, 2.24) is 4.98 Å². The number of aromatic nitrogens is 1. The second-order valence-corrected chi connectivity index (χ2v) is 9.03. The maximum Gasteiger partial charge on any atom is 0.586 e. The van der Waals surface area contributed by atoms with Crippen LogP contribution in [0.3, 0.4) is 0 Å². The minimum atomic E-state index is -3.87. The van der Waals surface area contributed by atoms with Gasteiger partial charge in [0.05, 0.1) is 36.4 Å². The molecule has 3 heterocycles. The van der Waals surface area contributed by atoms with Crippen molar-refractivity contribution in [2.45, 2.75) is 57.7 Å². The predicted octanol–water partition coefficient (Wildman–Crippen LogP) is 3.36. The van der Waals surface area contributed by atoms with Crippen LogP contribution in [0.15, 0.2) is 30.5 Å². The van der Waals surface area contributed by atoms with E-state index in [1.54, 1.807) is 13.0 Å². The Kier molecular flexibility index (Phi) is 6.60. The van der Waals surface area contributed by atoms with Gasteiger partial charge < -0.3 is 34.5 Å². The third kappa shape index (κ3) is 4.75. The van der Waals surface area contributed by atoms with Gasteiger partial charge in [-0.25, -0.2) is 0 Å². The Morgan fingerprint density at radius 2 is 1.94 bits per heavy atom. The predicted molar refractivity (Wildman–Crippen MR) is 120 cm³/mol. The molecule has 4 rings (SSSR count). The molecule has 1 saturated heterocycles. The van der Waals surface area contributed by atoms with Gasteiger partial charge in [-0.2, -0.15) is 0 Å². The standard InChI is InChI=1S/C24H28F2N2O7/c1-5-32-17-9-7-14(19-20(17)35-24(25,26)34-19)18-12(2)23(3,4)33-21(18)22(31)28-13-6-8-15(27-10-13)16(30)11-29/h6-10,12,16,18,21,29-30H,5,11H2,1-4H3,(H,28,31)/t12-,16+,18-,21+/m1/s1. The highest BCUT2D eigenvalue weighted by Gasteiger charge is 2.54. The third-order valence-electron chi connectivity index (χ3n) is 6.43. The normalized spacial score (nSPS) is 24.7. The number of aliphatic hydroxyl groups is 2. The summed E-state index contributed by atoms with van der Waals surface area (Å²) in [5.41, 5.74) is 0.177. The topological polar surface area (TPSA) is 119 Å². The van der Waals surface area contributed by atoms with Gasteiger partial charge >= 0.3 is 6.29 Å². The average molecular weight is 494 g/mol. The van der Waals surface area contributed by atoms with Crippen LogP contribution >= 0.6 is 0 Å². The molecule has 9 nitrogen and oxygen atoms in total. The number of anilines is 1. The van der Waals surface area contributed by atoms with Gasteiger partial charge in [-0.3, -0.25) is 9.78 Å². The summed E-state index contributed by atoms with van der Waals surface area (Å²) in [6.45, 7) is 7.00. The Labute approximate surface area is 201 Å². The van der Waals surface area contributed by atoms with Crippen molar-refractivity contribution < 1.29 is 42.7 Å². The highest BCUT2D eigenvalue weighted by molar-refractivity contribution is 5.95. The lowest BCUT2D eigenvalue weighted by molar-refractivity contribution is -0.287. The fourth-order valence-corrected chi connectivity index (χ4v) is 4.39. The lowest BCUT2D eigenvalue weighted by Gasteiger charge is -2.25. The van der Waals surface area contributed by atoms with E-state index in [0.717, 1.165) is 0 Å². The van der Waals surface area contributed by atoms with Crippen LogP contribution in [0.5, 0.6) is 17.2 Å². The second kappa shape index (κ2) is 9.21. The van der Waals surface area contributed by atoms with E-state index in [1.165, 1.54) is 24.4 Å². The van der Waals surface area contributed by atoms with Gasteiger partial charge in [0.1, 0.15) is 12.2 Å². The van der Waals surface area contributed by atoms with Gasteiger partial charge in [-0.15, -0.1) is 8.78 Å². The van der Waals surface area contributed by atoms with Crippen molar-refractivity contribution in [2.75, 3.05) is 18.5 Å². The number of amides is 1. The molecule has 1 aromatic carbocycles. The summed E-state index contributed by atoms with van der Waals surface area (Å²) in [6, 6.07) is 6.12. The van der Waals surface area contributed by atoms with Crippen LogP contribution < -0.4 is 19.5 Å². The van der Waals surface area contributed by atoms with Crippen molar-refractivity contribution in [1.29, 1.82) is 0 Å². The van der Waals surface area contributed by atoms with E-state index in [9.17, 15) is 18.7 Å². The zero-order chi connectivity index (χ0) is 25.5. The van der Waals surface area contributed by atoms with Crippen molar-refractivity contribution in [3.63, 3.8) is 0 Å². The molecule has 0 unspecified atom stereocenters. The van der Waals surface area contributed by atoms with Crippen LogP contribution in [-0.4, -0.2) is 52.3 Å². The van der Waals surface area contributed by atoms with E-state index in [0.29, 0.717) is 11.3 Å². The van der Waals surface area contributed by atoms with E-state index in [4.69, 9.17) is 24.1 Å². The summed E-state index contributed by atoms with van der Waals surface area (Å²) in [5.74, 6) is -1.69. The number of nitrogens with one attached hydrogen (secondary N) is 1. The molecule has 2 aromatic rings. The first kappa shape index (κ1) is 25.1. The summed E-state index contributed by atoms with van der Waals surface area (Å²) < 4.78 is 49.3. The monoisotopic (exact) mass is 494 g/mol. The molecule has 2 aliphatic heterocycles. The highest BCUT2D eigenvalue weighted by atomic mass is 19.3. The zero-order valence-electron chi connectivity index (χ0n) is 19.7. The van der Waals surface area contributed by atoms with Gasteiger partial charge in [0.15, 0.2) is 11.5 Å². The molecule has 1 amide bonds. The Bertz CT molecular complexity index is 1090. The number of carbonyl (C=O) groups excluding carboxylic acids is 1. The molecule has 4 atom stereocenters. The molecule has 3 N–H and O–H groups in total. The second-order valence-electron chi connectivity index (χ2n) is 9.03. The summed E-state index contributed by atoms with van der Waals surface area (Å²) in [7, 11) is 0. The molecule has 2 aliphatic rings. The van der Waals surface area contributed by atoms with Crippen molar-refractivity contribution in [3.8, 4) is 17.2 Å². The fraction of sp³-hybridized carbons (Fsp3) is 0.500. The number of hydrogen-bond acceptors (Lipinski definition) is 8. The Hall–Kier alpha value is -3.02. The molecule has 11 heteroatoms. The van der Waals surface area contributed by atoms with Crippen molar-refractivity contribution in [3.05, 3.63) is 41.7 Å². The van der Waals surface area contributed by atoms with Gasteiger partial charge in [0.25, 0.3) is 5.91 Å². The Morgan fingerprint density at radius 3 is 2.57 bits per heavy atom. The quantitative estimate of drug-likeness (QED) is 0.536. The maximum atomic E-state index is 14.1. The molecule has 1 fully saturated rings. The van der Waals surface area contributed by atoms with Crippen LogP contribution in [0, 0.1) is 5.92 Å². The zero-order valence-corrected chi connectivity index (χ0v) is 19.7. The van der Waals surface area contributed by atoms with E-state index in [1.807, 2.05) is 20.8 Å². The highest BCUT2D eigenvalue weighted by Crippen LogP contribution is 2.56. The molecule has 0 aliphatic carbocycles. The van der Waals surface area contributed by atoms with Crippen molar-refractivity contribution in [2.24, 2.45) is 5.92 Å². The SMILES string of the molecule is CCOc1ccc([C@@H]2[C@@H](C(=O)Nc3ccc([C@@H](O)CO)nc3)OC(C)(C)[C@@H]2C)c2c1OC(F)(F)O2. The minimum absolute atomic E-state index is 0.117. The lowest BCUT2D eigenvalue weighted by atomic mass is 9.78. The average Bonchev–Trinajstić information content (AvgIpc) is 3.26. The molecular formula is C24H28F2N2O7. The minimum Gasteiger partial charge on any atom is -0.490 e. The number of alkyl halides is 2. The Morgan fingerprint density at radius 1 is 1.23 bits per heavy atom. The lowest BCUT2D eigenvalue weighted by Crippen LogP contribution is -2.33. The van der Waals surface area contributed by atoms with Crippen LogP contribution in [0.1, 0.15) is 51.0 Å². The summed E-state index contributed by atoms with van der Waals surface area (Å²) in [5, 5.41) is 21.5. The summed E-state index contributed by atoms with van der Waals surface area (Å²) in [4.78, 5) is 17.3. The van der Waals surface area contributed by atoms with Crippen molar-refractivity contribution >= 4 is 11.6 Å². The van der Waals surface area contributed by atoms with E-state index < -0.39 is 42.5 Å². The molecule has 1 aromatic heterocycles. The first-order chi connectivity index (χ1) is 16.5. The third-order valence-corrected chi connectivity index (χ3v) is 6.43. The van der Waals surface area contributed by atoms with Crippen LogP contribution in [0.4, 0.5) is 14.5 Å². The first-order valence-corrected chi connectivity index (χ1v) is 11.3. The van der Waals surface area contributed by atoms with Crippen LogP contribution in [0.25, 0.3) is 0 Å². The number of hydrogen-bond donors (Lipinski definition) is 3. The number of benzene rings is 1. The number of halogens is 2. The molecule has 0 saturated carbocycles. The maximum absolute atomic E-state index is 14.1. The molecule has 190 valence electrons. The van der Waals surface area contributed by atoms with E-state index >= 15 is 0 Å². The largest absolute Gasteiger partial charge is 0.586 e. The number of pyridine rings is 1. The molecular weight excluding hydrogens is 466 g/mol. The summed E-state index contributed by atoms with van der Waals surface area (Å²) in [6.07, 6.45) is -4.70. The van der Waals surface area contributed by atoms with Crippen LogP contribution in [0.2, 0.25) is 0 Å². The Balaban J connectivity index is 1.66.